The maximum atomic E-state index is 13.3. The maximum Gasteiger partial charge on any atom is 0.248 e. The number of nitrogens with zero attached hydrogens (tertiary/aromatic N) is 1. The van der Waals surface area contributed by atoms with Crippen LogP contribution in [0.5, 0.6) is 5.75 Å². The molecule has 0 radical (unpaired) electrons. The first kappa shape index (κ1) is 24.4. The Morgan fingerprint density at radius 1 is 1.22 bits per heavy atom. The minimum atomic E-state index is -0.464. The number of nitrogens with two attached hydrogens (primary N) is 1. The zero-order chi connectivity index (χ0) is 22.0. The van der Waals surface area contributed by atoms with Crippen LogP contribution < -0.4 is 15.8 Å². The van der Waals surface area contributed by atoms with E-state index in [0.717, 1.165) is 50.1 Å². The van der Waals surface area contributed by atoms with Gasteiger partial charge in [0.15, 0.2) is 0 Å². The second-order valence-electron chi connectivity index (χ2n) is 8.50. The number of hydrogen-bond donors (Lipinski definition) is 2. The van der Waals surface area contributed by atoms with Crippen molar-refractivity contribution in [3.63, 3.8) is 0 Å². The molecule has 3 N–H and O–H groups in total. The smallest absolute Gasteiger partial charge is 0.248 e. The first-order chi connectivity index (χ1) is 14.9. The molecule has 2 aromatic carbocycles. The van der Waals surface area contributed by atoms with E-state index in [-0.39, 0.29) is 30.5 Å². The Morgan fingerprint density at radius 2 is 1.94 bits per heavy atom. The van der Waals surface area contributed by atoms with E-state index in [9.17, 15) is 9.59 Å². The van der Waals surface area contributed by atoms with Crippen LogP contribution in [0.3, 0.4) is 0 Å². The van der Waals surface area contributed by atoms with E-state index in [1.807, 2.05) is 43.3 Å². The van der Waals surface area contributed by atoms with Gasteiger partial charge < -0.3 is 15.8 Å². The van der Waals surface area contributed by atoms with Gasteiger partial charge in [-0.1, -0.05) is 29.8 Å². The van der Waals surface area contributed by atoms with Crippen LogP contribution >= 0.6 is 24.0 Å². The van der Waals surface area contributed by atoms with Gasteiger partial charge in [0, 0.05) is 23.7 Å². The zero-order valence-corrected chi connectivity index (χ0v) is 19.6. The molecule has 0 aromatic heterocycles. The SMILES string of the molecule is C[C@H](NC(=O)C1(N2CC[C@@H](Oc3cccc(Cl)c3)C2)CCC1)c1ccc(C(N)=O)cc1.Cl. The average Bonchev–Trinajstić information content (AvgIpc) is 3.15. The van der Waals surface area contributed by atoms with Gasteiger partial charge in [-0.2, -0.15) is 0 Å². The van der Waals surface area contributed by atoms with E-state index in [0.29, 0.717) is 10.6 Å². The Kier molecular flexibility index (Phi) is 7.70. The Morgan fingerprint density at radius 3 is 2.53 bits per heavy atom. The van der Waals surface area contributed by atoms with E-state index in [2.05, 4.69) is 10.2 Å². The fourth-order valence-electron chi connectivity index (χ4n) is 4.49. The van der Waals surface area contributed by atoms with E-state index in [1.165, 1.54) is 0 Å². The molecule has 2 atom stereocenters. The standard InChI is InChI=1S/C24H28ClN3O3.ClH/c1-16(17-6-8-18(9-7-17)22(26)29)27-23(30)24(11-3-12-24)28-13-10-21(15-28)31-20-5-2-4-19(25)14-20;/h2,4-9,14,16,21H,3,10-13,15H2,1H3,(H2,26,29)(H,27,30);1H/t16-,21+;/m0./s1. The summed E-state index contributed by atoms with van der Waals surface area (Å²) in [5.41, 5.74) is 6.24. The molecule has 8 heteroatoms. The number of amides is 2. The quantitative estimate of drug-likeness (QED) is 0.627. The maximum absolute atomic E-state index is 13.3. The van der Waals surface area contributed by atoms with Crippen molar-refractivity contribution in [1.29, 1.82) is 0 Å². The summed E-state index contributed by atoms with van der Waals surface area (Å²) >= 11 is 6.06. The number of benzene rings is 2. The lowest BCUT2D eigenvalue weighted by Gasteiger charge is -2.47. The molecule has 1 aliphatic heterocycles. The Balaban J connectivity index is 0.00000289. The van der Waals surface area contributed by atoms with Crippen molar-refractivity contribution in [3.05, 3.63) is 64.7 Å². The first-order valence-corrected chi connectivity index (χ1v) is 11.1. The second kappa shape index (κ2) is 10.1. The summed E-state index contributed by atoms with van der Waals surface area (Å²) in [5.74, 6) is 0.369. The fraction of sp³-hybridized carbons (Fsp3) is 0.417. The number of halogens is 2. The van der Waals surface area contributed by atoms with E-state index in [1.54, 1.807) is 12.1 Å². The minimum Gasteiger partial charge on any atom is -0.489 e. The highest BCUT2D eigenvalue weighted by atomic mass is 35.5. The largest absolute Gasteiger partial charge is 0.489 e. The molecule has 2 aromatic rings. The fourth-order valence-corrected chi connectivity index (χ4v) is 4.68. The zero-order valence-electron chi connectivity index (χ0n) is 18.1. The molecule has 2 aliphatic rings. The van der Waals surface area contributed by atoms with Crippen LogP contribution in [0, 0.1) is 0 Å². The average molecular weight is 478 g/mol. The van der Waals surface area contributed by atoms with Crippen LogP contribution in [0.2, 0.25) is 5.02 Å². The van der Waals surface area contributed by atoms with Crippen LogP contribution in [0.15, 0.2) is 48.5 Å². The lowest BCUT2D eigenvalue weighted by Crippen LogP contribution is -2.62. The van der Waals surface area contributed by atoms with Crippen LogP contribution in [-0.2, 0) is 4.79 Å². The molecule has 1 saturated carbocycles. The molecule has 0 bridgehead atoms. The number of rotatable bonds is 7. The number of primary amides is 1. The number of carbonyl (C=O) groups is 2. The molecule has 2 fully saturated rings. The molecule has 0 unspecified atom stereocenters. The van der Waals surface area contributed by atoms with Crippen molar-refractivity contribution in [2.45, 2.75) is 50.3 Å². The Hall–Kier alpha value is -2.28. The number of likely N-dealkylation sites (tertiary alicyclic amines) is 1. The molecular weight excluding hydrogens is 449 g/mol. The third-order valence-electron chi connectivity index (χ3n) is 6.50. The van der Waals surface area contributed by atoms with Crippen LogP contribution in [-0.4, -0.2) is 41.4 Å². The highest BCUT2D eigenvalue weighted by Crippen LogP contribution is 2.41. The van der Waals surface area contributed by atoms with Crippen molar-refractivity contribution in [2.24, 2.45) is 5.73 Å². The summed E-state index contributed by atoms with van der Waals surface area (Å²) in [4.78, 5) is 26.9. The summed E-state index contributed by atoms with van der Waals surface area (Å²) in [6.07, 6.45) is 3.69. The van der Waals surface area contributed by atoms with Crippen molar-refractivity contribution < 1.29 is 14.3 Å². The van der Waals surface area contributed by atoms with Crippen molar-refractivity contribution in [1.82, 2.24) is 10.2 Å². The molecule has 4 rings (SSSR count). The van der Waals surface area contributed by atoms with Gasteiger partial charge in [-0.3, -0.25) is 14.5 Å². The summed E-state index contributed by atoms with van der Waals surface area (Å²) in [7, 11) is 0. The highest BCUT2D eigenvalue weighted by molar-refractivity contribution is 6.30. The summed E-state index contributed by atoms with van der Waals surface area (Å²) in [5, 5.41) is 3.83. The molecule has 1 heterocycles. The summed E-state index contributed by atoms with van der Waals surface area (Å²) < 4.78 is 6.12. The Bertz CT molecular complexity index is 963. The van der Waals surface area contributed by atoms with Gasteiger partial charge in [-0.25, -0.2) is 0 Å². The van der Waals surface area contributed by atoms with E-state index < -0.39 is 11.4 Å². The first-order valence-electron chi connectivity index (χ1n) is 10.8. The lowest BCUT2D eigenvalue weighted by atomic mass is 9.74. The molecule has 2 amide bonds. The number of nitrogens with one attached hydrogen (secondary N) is 1. The monoisotopic (exact) mass is 477 g/mol. The van der Waals surface area contributed by atoms with Gasteiger partial charge in [0.1, 0.15) is 17.4 Å². The molecule has 172 valence electrons. The molecule has 32 heavy (non-hydrogen) atoms. The van der Waals surface area contributed by atoms with E-state index in [4.69, 9.17) is 22.1 Å². The summed E-state index contributed by atoms with van der Waals surface area (Å²) in [6, 6.07) is 14.3. The van der Waals surface area contributed by atoms with Crippen LogP contribution in [0.25, 0.3) is 0 Å². The number of carbonyl (C=O) groups excluding carboxylic acids is 2. The molecule has 1 aliphatic carbocycles. The molecular formula is C24H29Cl2N3O3. The van der Waals surface area contributed by atoms with Gasteiger partial charge >= 0.3 is 0 Å². The molecule has 0 spiro atoms. The number of ether oxygens (including phenoxy) is 1. The van der Waals surface area contributed by atoms with Gasteiger partial charge in [0.2, 0.25) is 11.8 Å². The Labute approximate surface area is 199 Å². The topological polar surface area (TPSA) is 84.7 Å². The highest BCUT2D eigenvalue weighted by Gasteiger charge is 2.51. The third kappa shape index (κ3) is 5.03. The van der Waals surface area contributed by atoms with Gasteiger partial charge in [0.05, 0.1) is 6.04 Å². The van der Waals surface area contributed by atoms with Gasteiger partial charge in [-0.15, -0.1) is 12.4 Å². The van der Waals surface area contributed by atoms with Crippen LogP contribution in [0.1, 0.15) is 54.6 Å². The molecule has 6 nitrogen and oxygen atoms in total. The second-order valence-corrected chi connectivity index (χ2v) is 8.93. The predicted octanol–water partition coefficient (Wildman–Crippen LogP) is 4.11. The number of hydrogen-bond acceptors (Lipinski definition) is 4. The normalized spacial score (nSPS) is 20.5. The lowest BCUT2D eigenvalue weighted by molar-refractivity contribution is -0.139. The van der Waals surface area contributed by atoms with Crippen molar-refractivity contribution in [2.75, 3.05) is 13.1 Å². The molecule has 1 saturated heterocycles. The van der Waals surface area contributed by atoms with Gasteiger partial charge in [0.25, 0.3) is 0 Å². The minimum absolute atomic E-state index is 0. The predicted molar refractivity (Wildman–Crippen MR) is 127 cm³/mol. The summed E-state index contributed by atoms with van der Waals surface area (Å²) in [6.45, 7) is 3.51. The van der Waals surface area contributed by atoms with Crippen molar-refractivity contribution >= 4 is 35.8 Å². The third-order valence-corrected chi connectivity index (χ3v) is 6.73. The van der Waals surface area contributed by atoms with Gasteiger partial charge in [-0.05, 0) is 68.5 Å². The van der Waals surface area contributed by atoms with Crippen LogP contribution in [0.4, 0.5) is 0 Å². The van der Waals surface area contributed by atoms with E-state index >= 15 is 0 Å². The van der Waals surface area contributed by atoms with Crippen molar-refractivity contribution in [3.8, 4) is 5.75 Å².